The van der Waals surface area contributed by atoms with Crippen LogP contribution in [0.1, 0.15) is 23.2 Å². The van der Waals surface area contributed by atoms with Crippen LogP contribution in [0.3, 0.4) is 0 Å². The third-order valence-electron chi connectivity index (χ3n) is 3.66. The third-order valence-corrected chi connectivity index (χ3v) is 5.01. The van der Waals surface area contributed by atoms with Crippen molar-refractivity contribution >= 4 is 68.3 Å². The number of hydrogen-bond acceptors (Lipinski definition) is 5. The fourth-order valence-electron chi connectivity index (χ4n) is 2.21. The first-order valence-corrected chi connectivity index (χ1v) is 10.6. The quantitative estimate of drug-likeness (QED) is 0.279. The molecule has 11 heteroatoms. The van der Waals surface area contributed by atoms with E-state index >= 15 is 0 Å². The number of hydrazine groups is 1. The summed E-state index contributed by atoms with van der Waals surface area (Å²) in [5.41, 5.74) is 5.27. The van der Waals surface area contributed by atoms with Gasteiger partial charge in [-0.05, 0) is 71.0 Å². The van der Waals surface area contributed by atoms with E-state index in [0.29, 0.717) is 44.6 Å². The van der Waals surface area contributed by atoms with Crippen LogP contribution in [0, 0.1) is 0 Å². The highest BCUT2D eigenvalue weighted by atomic mass is 79.9. The number of methoxy groups -OCH3 is 1. The number of benzene rings is 2. The van der Waals surface area contributed by atoms with Crippen molar-refractivity contribution in [2.24, 2.45) is 0 Å². The average Bonchev–Trinajstić information content (AvgIpc) is 2.70. The second-order valence-corrected chi connectivity index (χ2v) is 7.94. The first kappa shape index (κ1) is 24.2. The predicted molar refractivity (Wildman–Crippen MR) is 123 cm³/mol. The molecule has 0 aliphatic heterocycles. The molecule has 0 aliphatic carbocycles. The number of hydrogen-bond donors (Lipinski definition) is 3. The van der Waals surface area contributed by atoms with Gasteiger partial charge in [0.05, 0.1) is 23.2 Å². The van der Waals surface area contributed by atoms with Crippen LogP contribution in [-0.2, 0) is 4.79 Å². The molecule has 0 saturated heterocycles. The number of carbonyl (C=O) groups is 2. The molecule has 3 N–H and O–H groups in total. The predicted octanol–water partition coefficient (Wildman–Crippen LogP) is 4.26. The summed E-state index contributed by atoms with van der Waals surface area (Å²) in [5.74, 6) is 0.346. The van der Waals surface area contributed by atoms with Gasteiger partial charge in [0.2, 0.25) is 5.91 Å². The summed E-state index contributed by atoms with van der Waals surface area (Å²) in [5, 5.41) is 3.35. The molecule has 0 aliphatic rings. The summed E-state index contributed by atoms with van der Waals surface area (Å²) in [6, 6.07) is 9.74. The Balaban J connectivity index is 1.68. The lowest BCUT2D eigenvalue weighted by atomic mass is 10.2. The Bertz CT molecular complexity index is 946. The van der Waals surface area contributed by atoms with Crippen LogP contribution in [0.25, 0.3) is 0 Å². The van der Waals surface area contributed by atoms with Gasteiger partial charge in [-0.25, -0.2) is 0 Å². The Morgan fingerprint density at radius 1 is 1.10 bits per heavy atom. The summed E-state index contributed by atoms with van der Waals surface area (Å²) < 4.78 is 11.3. The highest BCUT2D eigenvalue weighted by molar-refractivity contribution is 9.10. The summed E-state index contributed by atoms with van der Waals surface area (Å²) >= 11 is 20.1. The van der Waals surface area contributed by atoms with E-state index in [2.05, 4.69) is 32.1 Å². The van der Waals surface area contributed by atoms with Gasteiger partial charge in [0, 0.05) is 17.0 Å². The SMILES string of the molecule is COc1ccc(C(=O)NC(=S)NNC(=O)CCCOc2ccc(Cl)cc2Cl)cc1Br. The van der Waals surface area contributed by atoms with Crippen molar-refractivity contribution in [1.82, 2.24) is 16.2 Å². The molecule has 0 atom stereocenters. The molecule has 0 aromatic heterocycles. The zero-order chi connectivity index (χ0) is 22.1. The summed E-state index contributed by atoms with van der Waals surface area (Å²) in [6.07, 6.45) is 0.631. The molecule has 30 heavy (non-hydrogen) atoms. The Labute approximate surface area is 197 Å². The van der Waals surface area contributed by atoms with Crippen LogP contribution in [0.15, 0.2) is 40.9 Å². The first-order chi connectivity index (χ1) is 14.3. The second kappa shape index (κ2) is 11.9. The molecule has 2 aromatic carbocycles. The minimum atomic E-state index is -0.432. The van der Waals surface area contributed by atoms with Gasteiger partial charge in [-0.15, -0.1) is 0 Å². The number of halogens is 3. The number of thiocarbonyl (C=S) groups is 1. The Kier molecular flexibility index (Phi) is 9.64. The number of nitrogens with one attached hydrogen (secondary N) is 3. The number of rotatable bonds is 7. The van der Waals surface area contributed by atoms with E-state index in [0.717, 1.165) is 0 Å². The highest BCUT2D eigenvalue weighted by Crippen LogP contribution is 2.27. The van der Waals surface area contributed by atoms with Crippen LogP contribution >= 0.6 is 51.3 Å². The van der Waals surface area contributed by atoms with E-state index in [-0.39, 0.29) is 17.4 Å². The number of amides is 2. The van der Waals surface area contributed by atoms with Crippen LogP contribution in [-0.4, -0.2) is 30.6 Å². The van der Waals surface area contributed by atoms with Crippen LogP contribution < -0.4 is 25.6 Å². The van der Waals surface area contributed by atoms with Crippen LogP contribution in [0.2, 0.25) is 10.0 Å². The normalized spacial score (nSPS) is 10.1. The number of carbonyl (C=O) groups excluding carboxylic acids is 2. The lowest BCUT2D eigenvalue weighted by Crippen LogP contribution is -2.48. The van der Waals surface area contributed by atoms with Crippen molar-refractivity contribution < 1.29 is 19.1 Å². The maximum Gasteiger partial charge on any atom is 0.257 e. The van der Waals surface area contributed by atoms with Gasteiger partial charge < -0.3 is 9.47 Å². The molecule has 0 fully saturated rings. The van der Waals surface area contributed by atoms with E-state index in [1.807, 2.05) is 0 Å². The van der Waals surface area contributed by atoms with Gasteiger partial charge in [0.25, 0.3) is 5.91 Å². The molecular weight excluding hydrogens is 517 g/mol. The molecule has 0 unspecified atom stereocenters. The van der Waals surface area contributed by atoms with Crippen molar-refractivity contribution in [2.45, 2.75) is 12.8 Å². The average molecular weight is 535 g/mol. The van der Waals surface area contributed by atoms with Gasteiger partial charge in [-0.1, -0.05) is 23.2 Å². The van der Waals surface area contributed by atoms with Crippen molar-refractivity contribution in [3.63, 3.8) is 0 Å². The maximum absolute atomic E-state index is 12.2. The van der Waals surface area contributed by atoms with E-state index in [1.165, 1.54) is 7.11 Å². The highest BCUT2D eigenvalue weighted by Gasteiger charge is 2.11. The Morgan fingerprint density at radius 2 is 1.83 bits per heavy atom. The smallest absolute Gasteiger partial charge is 0.257 e. The number of ether oxygens (including phenoxy) is 2. The molecule has 0 bridgehead atoms. The van der Waals surface area contributed by atoms with Crippen LogP contribution in [0.5, 0.6) is 11.5 Å². The van der Waals surface area contributed by atoms with Gasteiger partial charge in [-0.2, -0.15) is 0 Å². The molecule has 0 heterocycles. The minimum Gasteiger partial charge on any atom is -0.496 e. The molecule has 160 valence electrons. The monoisotopic (exact) mass is 533 g/mol. The van der Waals surface area contributed by atoms with Crippen molar-refractivity contribution in [3.05, 3.63) is 56.5 Å². The molecule has 2 rings (SSSR count). The van der Waals surface area contributed by atoms with Gasteiger partial charge in [0.15, 0.2) is 5.11 Å². The molecule has 2 aromatic rings. The van der Waals surface area contributed by atoms with Crippen molar-refractivity contribution in [2.75, 3.05) is 13.7 Å². The van der Waals surface area contributed by atoms with Gasteiger partial charge in [0.1, 0.15) is 11.5 Å². The molecular formula is C19H18BrCl2N3O4S. The molecule has 2 amide bonds. The summed E-state index contributed by atoms with van der Waals surface area (Å²) in [7, 11) is 1.53. The van der Waals surface area contributed by atoms with Gasteiger partial charge >= 0.3 is 0 Å². The first-order valence-electron chi connectivity index (χ1n) is 8.61. The van der Waals surface area contributed by atoms with E-state index in [9.17, 15) is 9.59 Å². The van der Waals surface area contributed by atoms with Gasteiger partial charge in [-0.3, -0.25) is 25.8 Å². The molecule has 0 spiro atoms. The zero-order valence-corrected chi connectivity index (χ0v) is 19.7. The topological polar surface area (TPSA) is 88.7 Å². The third kappa shape index (κ3) is 7.64. The lowest BCUT2D eigenvalue weighted by molar-refractivity contribution is -0.121. The molecule has 0 saturated carbocycles. The van der Waals surface area contributed by atoms with E-state index in [4.69, 9.17) is 44.9 Å². The zero-order valence-electron chi connectivity index (χ0n) is 15.8. The summed E-state index contributed by atoms with van der Waals surface area (Å²) in [6.45, 7) is 0.294. The van der Waals surface area contributed by atoms with E-state index < -0.39 is 5.91 Å². The fraction of sp³-hybridized carbons (Fsp3) is 0.211. The molecule has 7 nitrogen and oxygen atoms in total. The largest absolute Gasteiger partial charge is 0.496 e. The fourth-order valence-corrected chi connectivity index (χ4v) is 3.36. The van der Waals surface area contributed by atoms with Crippen molar-refractivity contribution in [3.8, 4) is 11.5 Å². The molecule has 0 radical (unpaired) electrons. The standard InChI is InChI=1S/C19H18BrCl2N3O4S/c1-28-15-6-4-11(9-13(15)20)18(27)23-19(30)25-24-17(26)3-2-8-29-16-7-5-12(21)10-14(16)22/h4-7,9-10H,2-3,8H2,1H3,(H,24,26)(H2,23,25,27,30). The maximum atomic E-state index is 12.2. The Morgan fingerprint density at radius 3 is 2.50 bits per heavy atom. The minimum absolute atomic E-state index is 0.0375. The lowest BCUT2D eigenvalue weighted by Gasteiger charge is -2.12. The van der Waals surface area contributed by atoms with E-state index in [1.54, 1.807) is 36.4 Å². The summed E-state index contributed by atoms with van der Waals surface area (Å²) in [4.78, 5) is 24.1. The van der Waals surface area contributed by atoms with Crippen molar-refractivity contribution in [1.29, 1.82) is 0 Å². The second-order valence-electron chi connectivity index (χ2n) is 5.83. The Hall–Kier alpha value is -2.07. The van der Waals surface area contributed by atoms with Crippen LogP contribution in [0.4, 0.5) is 0 Å².